The van der Waals surface area contributed by atoms with E-state index in [9.17, 15) is 18.0 Å². The van der Waals surface area contributed by atoms with Crippen LogP contribution in [0.25, 0.3) is 0 Å². The number of aromatic nitrogens is 1. The number of alkyl halides is 3. The van der Waals surface area contributed by atoms with Crippen molar-refractivity contribution < 1.29 is 37.3 Å². The number of ether oxygens (including phenoxy) is 2. The summed E-state index contributed by atoms with van der Waals surface area (Å²) in [4.78, 5) is 27.3. The Bertz CT molecular complexity index is 895. The molecular formula is C21H23F3N2O5S. The molecule has 0 radical (unpaired) electrons. The van der Waals surface area contributed by atoms with Crippen LogP contribution in [0.1, 0.15) is 24.0 Å². The lowest BCUT2D eigenvalue weighted by Gasteiger charge is -2.23. The molecule has 2 aromatic heterocycles. The summed E-state index contributed by atoms with van der Waals surface area (Å²) in [6.07, 6.45) is 0.817. The second-order valence-corrected chi connectivity index (χ2v) is 8.44. The maximum absolute atomic E-state index is 12.5. The molecule has 0 aromatic carbocycles. The molecule has 0 bridgehead atoms. The summed E-state index contributed by atoms with van der Waals surface area (Å²) in [6, 6.07) is 5.95. The van der Waals surface area contributed by atoms with E-state index in [2.05, 4.69) is 4.98 Å². The standard InChI is InChI=1S/C19H22N2O3S.C2HF3O2/c22-18(9-16-3-8-25-13-16)21-7-4-19(14-21)10-17(12-24-19)23-11-15-1-5-20-6-2-15;3-2(4,5)1(6)7/h1-3,5-6,8,13,17H,4,7,9-12,14H2;(H,6,7)/t17-,19+;/m1./s1. The molecule has 1 N–H and O–H groups in total. The van der Waals surface area contributed by atoms with Crippen LogP contribution < -0.4 is 0 Å². The Morgan fingerprint density at radius 2 is 2.00 bits per heavy atom. The lowest BCUT2D eigenvalue weighted by molar-refractivity contribution is -0.192. The van der Waals surface area contributed by atoms with E-state index in [1.165, 1.54) is 0 Å². The van der Waals surface area contributed by atoms with E-state index in [1.54, 1.807) is 23.7 Å². The first-order chi connectivity index (χ1) is 15.2. The zero-order valence-electron chi connectivity index (χ0n) is 17.1. The number of nitrogens with zero attached hydrogens (tertiary/aromatic N) is 2. The van der Waals surface area contributed by atoms with Crippen molar-refractivity contribution in [3.63, 3.8) is 0 Å². The molecule has 2 aliphatic rings. The maximum Gasteiger partial charge on any atom is 0.490 e. The van der Waals surface area contributed by atoms with Crippen LogP contribution in [0.4, 0.5) is 13.2 Å². The number of carboxylic acid groups (broad SMARTS) is 1. The van der Waals surface area contributed by atoms with Crippen LogP contribution in [0, 0.1) is 0 Å². The van der Waals surface area contributed by atoms with E-state index in [-0.39, 0.29) is 17.6 Å². The number of amides is 1. The van der Waals surface area contributed by atoms with Gasteiger partial charge in [0.2, 0.25) is 5.91 Å². The summed E-state index contributed by atoms with van der Waals surface area (Å²) < 4.78 is 43.8. The number of hydrogen-bond acceptors (Lipinski definition) is 6. The van der Waals surface area contributed by atoms with Crippen molar-refractivity contribution in [3.05, 3.63) is 52.5 Å². The first-order valence-electron chi connectivity index (χ1n) is 9.90. The molecule has 32 heavy (non-hydrogen) atoms. The highest BCUT2D eigenvalue weighted by Crippen LogP contribution is 2.36. The molecule has 174 valence electrons. The van der Waals surface area contributed by atoms with Crippen LogP contribution in [0.2, 0.25) is 0 Å². The monoisotopic (exact) mass is 472 g/mol. The number of aliphatic carboxylic acids is 1. The molecule has 2 atom stereocenters. The summed E-state index contributed by atoms with van der Waals surface area (Å²) in [6.45, 7) is 2.65. The molecule has 4 rings (SSSR count). The molecule has 2 aromatic rings. The van der Waals surface area contributed by atoms with Gasteiger partial charge in [0, 0.05) is 31.9 Å². The minimum absolute atomic E-state index is 0.0973. The van der Waals surface area contributed by atoms with Crippen LogP contribution in [-0.2, 0) is 32.1 Å². The first-order valence-corrected chi connectivity index (χ1v) is 10.8. The van der Waals surface area contributed by atoms with Crippen LogP contribution in [0.3, 0.4) is 0 Å². The molecule has 7 nitrogen and oxygen atoms in total. The predicted molar refractivity (Wildman–Crippen MR) is 109 cm³/mol. The number of hydrogen-bond donors (Lipinski definition) is 1. The minimum atomic E-state index is -5.08. The van der Waals surface area contributed by atoms with E-state index in [0.29, 0.717) is 26.2 Å². The Kier molecular flexibility index (Phi) is 7.86. The van der Waals surface area contributed by atoms with Gasteiger partial charge >= 0.3 is 12.1 Å². The lowest BCUT2D eigenvalue weighted by atomic mass is 9.98. The number of carbonyl (C=O) groups is 2. The first kappa shape index (κ1) is 24.1. The number of likely N-dealkylation sites (tertiary alicyclic amines) is 1. The zero-order chi connectivity index (χ0) is 23.2. The Balaban J connectivity index is 0.000000360. The van der Waals surface area contributed by atoms with Gasteiger partial charge in [-0.05, 0) is 46.5 Å². The molecule has 1 spiro atoms. The van der Waals surface area contributed by atoms with E-state index >= 15 is 0 Å². The Morgan fingerprint density at radius 3 is 2.62 bits per heavy atom. The van der Waals surface area contributed by atoms with Gasteiger partial charge in [0.15, 0.2) is 0 Å². The number of rotatable bonds is 5. The maximum atomic E-state index is 12.5. The molecule has 2 aliphatic heterocycles. The molecule has 11 heteroatoms. The largest absolute Gasteiger partial charge is 0.490 e. The topological polar surface area (TPSA) is 89.0 Å². The van der Waals surface area contributed by atoms with E-state index in [4.69, 9.17) is 19.4 Å². The van der Waals surface area contributed by atoms with Crippen molar-refractivity contribution in [2.75, 3.05) is 19.7 Å². The second-order valence-electron chi connectivity index (χ2n) is 7.66. The average Bonchev–Trinajstić information content (AvgIpc) is 3.50. The second kappa shape index (κ2) is 10.4. The van der Waals surface area contributed by atoms with Crippen molar-refractivity contribution in [2.24, 2.45) is 0 Å². The van der Waals surface area contributed by atoms with Crippen LogP contribution >= 0.6 is 11.3 Å². The molecule has 1 amide bonds. The number of thiophene rings is 1. The number of pyridine rings is 1. The lowest BCUT2D eigenvalue weighted by Crippen LogP contribution is -2.36. The molecule has 2 fully saturated rings. The predicted octanol–water partition coefficient (Wildman–Crippen LogP) is 3.30. The fourth-order valence-electron chi connectivity index (χ4n) is 3.62. The number of carbonyl (C=O) groups excluding carboxylic acids is 1. The Labute approximate surface area is 186 Å². The highest BCUT2D eigenvalue weighted by Gasteiger charge is 2.47. The van der Waals surface area contributed by atoms with E-state index in [1.807, 2.05) is 33.9 Å². The number of carboxylic acids is 1. The SMILES string of the molecule is O=C(Cc1ccsc1)N1CC[C@]2(C[C@@H](OCc3ccncc3)CO2)C1.O=C(O)C(F)(F)F. The fraction of sp³-hybridized carbons (Fsp3) is 0.476. The molecule has 0 unspecified atom stereocenters. The van der Waals surface area contributed by atoms with Crippen molar-refractivity contribution in [2.45, 2.75) is 43.8 Å². The van der Waals surface area contributed by atoms with Gasteiger partial charge in [0.1, 0.15) is 0 Å². The Morgan fingerprint density at radius 1 is 1.28 bits per heavy atom. The van der Waals surface area contributed by atoms with Crippen LogP contribution in [0.5, 0.6) is 0 Å². The van der Waals surface area contributed by atoms with Gasteiger partial charge in [0.25, 0.3) is 0 Å². The summed E-state index contributed by atoms with van der Waals surface area (Å²) in [7, 11) is 0. The number of halogens is 3. The summed E-state index contributed by atoms with van der Waals surface area (Å²) in [5.41, 5.74) is 2.00. The Hall–Kier alpha value is -2.50. The van der Waals surface area contributed by atoms with Gasteiger partial charge in [-0.2, -0.15) is 24.5 Å². The van der Waals surface area contributed by atoms with Gasteiger partial charge in [-0.25, -0.2) is 4.79 Å². The highest BCUT2D eigenvalue weighted by atomic mass is 32.1. The minimum Gasteiger partial charge on any atom is -0.475 e. The quantitative estimate of drug-likeness (QED) is 0.719. The summed E-state index contributed by atoms with van der Waals surface area (Å²) in [5, 5.41) is 11.2. The van der Waals surface area contributed by atoms with Crippen molar-refractivity contribution in [1.82, 2.24) is 9.88 Å². The van der Waals surface area contributed by atoms with E-state index < -0.39 is 12.1 Å². The summed E-state index contributed by atoms with van der Waals surface area (Å²) >= 11 is 1.63. The summed E-state index contributed by atoms with van der Waals surface area (Å²) in [5.74, 6) is -2.56. The molecule has 0 saturated carbocycles. The van der Waals surface area contributed by atoms with Gasteiger partial charge in [-0.3, -0.25) is 9.78 Å². The smallest absolute Gasteiger partial charge is 0.475 e. The fourth-order valence-corrected chi connectivity index (χ4v) is 4.29. The molecule has 4 heterocycles. The van der Waals surface area contributed by atoms with Crippen molar-refractivity contribution in [3.8, 4) is 0 Å². The normalized spacial score (nSPS) is 22.6. The molecule has 0 aliphatic carbocycles. The van der Waals surface area contributed by atoms with Gasteiger partial charge < -0.3 is 19.5 Å². The highest BCUT2D eigenvalue weighted by molar-refractivity contribution is 7.08. The van der Waals surface area contributed by atoms with E-state index in [0.717, 1.165) is 30.5 Å². The molecular weight excluding hydrogens is 449 g/mol. The third-order valence-electron chi connectivity index (χ3n) is 5.26. The zero-order valence-corrected chi connectivity index (χ0v) is 17.9. The van der Waals surface area contributed by atoms with Crippen LogP contribution in [-0.4, -0.2) is 64.4 Å². The molecule has 2 saturated heterocycles. The van der Waals surface area contributed by atoms with Gasteiger partial charge in [0.05, 0.1) is 31.3 Å². The third kappa shape index (κ3) is 6.75. The van der Waals surface area contributed by atoms with Crippen LogP contribution in [0.15, 0.2) is 41.4 Å². The average molecular weight is 472 g/mol. The van der Waals surface area contributed by atoms with Crippen molar-refractivity contribution in [1.29, 1.82) is 0 Å². The van der Waals surface area contributed by atoms with Gasteiger partial charge in [-0.1, -0.05) is 0 Å². The van der Waals surface area contributed by atoms with Gasteiger partial charge in [-0.15, -0.1) is 0 Å². The van der Waals surface area contributed by atoms with Crippen molar-refractivity contribution >= 4 is 23.2 Å². The third-order valence-corrected chi connectivity index (χ3v) is 5.99.